The molecular formula is C89H158N2Ni. The summed E-state index contributed by atoms with van der Waals surface area (Å²) in [5.41, 5.74) is 21.8. The van der Waals surface area contributed by atoms with Gasteiger partial charge in [-0.1, -0.05) is 290 Å². The second-order valence-electron chi connectivity index (χ2n) is 29.0. The molecule has 0 aromatic heterocycles. The van der Waals surface area contributed by atoms with Crippen LogP contribution in [0.4, 0.5) is 0 Å². The quantitative estimate of drug-likeness (QED) is 0.0358. The van der Waals surface area contributed by atoms with Crippen LogP contribution in [-0.2, 0) is 27.3 Å². The van der Waals surface area contributed by atoms with Crippen molar-refractivity contribution in [3.63, 3.8) is 0 Å². The number of allylic oxidation sites excluding steroid dienone is 4. The van der Waals surface area contributed by atoms with Gasteiger partial charge in [-0.05, 0) is 86.8 Å². The fourth-order valence-corrected chi connectivity index (χ4v) is 15.2. The van der Waals surface area contributed by atoms with Crippen molar-refractivity contribution >= 4 is 11.4 Å². The summed E-state index contributed by atoms with van der Waals surface area (Å²) < 4.78 is 1.57. The van der Waals surface area contributed by atoms with Crippen molar-refractivity contribution in [3.8, 4) is 0 Å². The van der Waals surface area contributed by atoms with E-state index in [1.54, 1.807) is 4.70 Å². The van der Waals surface area contributed by atoms with Crippen LogP contribution in [0.2, 0.25) is 10.8 Å². The first kappa shape index (κ1) is 85.8. The van der Waals surface area contributed by atoms with Gasteiger partial charge in [0.05, 0.1) is 5.57 Å². The van der Waals surface area contributed by atoms with Crippen molar-refractivity contribution in [2.45, 2.75) is 457 Å². The topological polar surface area (TPSA) is 25.3 Å². The van der Waals surface area contributed by atoms with Crippen molar-refractivity contribution in [1.29, 1.82) is 0 Å². The zero-order valence-corrected chi connectivity index (χ0v) is 63.9. The van der Waals surface area contributed by atoms with Crippen LogP contribution in [0, 0.1) is 0 Å². The Kier molecular flexibility index (Phi) is 62.8. The molecule has 0 amide bonds. The summed E-state index contributed by atoms with van der Waals surface area (Å²) in [6.45, 7) is 13.8. The summed E-state index contributed by atoms with van der Waals surface area (Å²) in [6, 6.07) is 18.1. The van der Waals surface area contributed by atoms with Gasteiger partial charge in [-0.15, -0.1) is 0 Å². The Morgan fingerprint density at radius 2 is 0.554 bits per heavy atom. The molecule has 1 heterocycles. The third kappa shape index (κ3) is 48.5. The van der Waals surface area contributed by atoms with E-state index in [-0.39, 0.29) is 0 Å². The molecule has 2 aromatic rings. The molecule has 0 fully saturated rings. The summed E-state index contributed by atoms with van der Waals surface area (Å²) in [4.78, 5) is 0. The second kappa shape index (κ2) is 67.3. The van der Waals surface area contributed by atoms with Gasteiger partial charge in [-0.3, -0.25) is 0 Å². The summed E-state index contributed by atoms with van der Waals surface area (Å²) in [6.07, 6.45) is 92.4. The van der Waals surface area contributed by atoms with Crippen LogP contribution < -0.4 is 0 Å². The molecule has 1 aliphatic heterocycles. The smallest absolute Gasteiger partial charge is 0.0654 e. The van der Waals surface area contributed by atoms with Gasteiger partial charge in [-0.25, -0.2) is 4.70 Å². The van der Waals surface area contributed by atoms with Gasteiger partial charge in [-0.2, -0.15) is 0 Å². The zero-order chi connectivity index (χ0) is 65.9. The average molecular weight is 1310 g/mol. The maximum atomic E-state index is 12.3. The molecule has 0 saturated carbocycles. The minimum atomic E-state index is 0.967. The van der Waals surface area contributed by atoms with E-state index in [9.17, 15) is 5.53 Å². The Morgan fingerprint density at radius 1 is 0.293 bits per heavy atom. The minimum Gasteiger partial charge on any atom is -0.0654 e. The number of hydrogen-bond donors (Lipinski definition) is 0. The van der Waals surface area contributed by atoms with Crippen LogP contribution in [0.25, 0.3) is 16.9 Å². The molecule has 0 radical (unpaired) electrons. The standard InChI is InChI=1S/C57H92N2.2C16H33.Ni/c1-5-9-13-15-16-17-18-19-20-21-22-23-24-25-26-27-28-29-30-31-32-33-37-47-55-54(46-36-14-10-6-2)56(52-44-38-42-50(48-52)40-34-11-7-3)59(58)57(55)53-45-39-43-51(49-53)41-35-12-8-4;2*1-3-5-7-9-11-13-15-16-14-12-10-8-6-4-2;/h37-39,42-45,47-49H,5-36,40-41,46H2,1-4H3;2*1,3-16H2,2H3;. The van der Waals surface area contributed by atoms with E-state index in [0.29, 0.717) is 0 Å². The summed E-state index contributed by atoms with van der Waals surface area (Å²) in [5, 5.41) is 2.87. The third-order valence-electron chi connectivity index (χ3n) is 20.0. The molecule has 2 aromatic carbocycles. The number of rotatable bonds is 68. The molecule has 534 valence electrons. The Morgan fingerprint density at radius 3 is 0.880 bits per heavy atom. The van der Waals surface area contributed by atoms with Crippen molar-refractivity contribution < 1.29 is 19.1 Å². The first-order valence-electron chi connectivity index (χ1n) is 41.8. The summed E-state index contributed by atoms with van der Waals surface area (Å²) >= 11 is 2.04. The Balaban J connectivity index is 0.000000741. The molecule has 0 spiro atoms. The van der Waals surface area contributed by atoms with Crippen LogP contribution in [0.1, 0.15) is 455 Å². The first-order chi connectivity index (χ1) is 45.6. The van der Waals surface area contributed by atoms with Gasteiger partial charge < -0.3 is 5.53 Å². The van der Waals surface area contributed by atoms with Crippen molar-refractivity contribution in [1.82, 2.24) is 0 Å². The molecule has 0 bridgehead atoms. The van der Waals surface area contributed by atoms with E-state index < -0.39 is 0 Å². The monoisotopic (exact) mass is 1310 g/mol. The average Bonchev–Trinajstić information content (AvgIpc) is 1.61. The molecule has 0 unspecified atom stereocenters. The van der Waals surface area contributed by atoms with Gasteiger partial charge in [0, 0.05) is 16.7 Å². The van der Waals surface area contributed by atoms with Crippen LogP contribution in [0.3, 0.4) is 0 Å². The first-order valence-corrected chi connectivity index (χ1v) is 43.2. The molecule has 3 rings (SSSR count). The number of hydrogen-bond acceptors (Lipinski definition) is 0. The van der Waals surface area contributed by atoms with Crippen molar-refractivity contribution in [2.24, 2.45) is 0 Å². The number of benzene rings is 2. The maximum absolute atomic E-state index is 12.3. The molecule has 3 heteroatoms. The van der Waals surface area contributed by atoms with Crippen LogP contribution in [-0.4, -0.2) is 4.70 Å². The van der Waals surface area contributed by atoms with Crippen molar-refractivity contribution in [3.05, 3.63) is 99.6 Å². The summed E-state index contributed by atoms with van der Waals surface area (Å²) in [5.74, 6) is 0. The molecule has 1 aliphatic rings. The SMILES string of the molecule is CCCCCCCCCCCCCCCCCCCCCCCC=CC1=C(c2cccc(CCCCC)c2)[N+](=[N-])C(c2cccc(CCCCC)c2)=C1CCCCCC.CCCCCCCCCCCCCCC[CH2][Ni][CH2]CCCCCCCCCCCCCCC. The van der Waals surface area contributed by atoms with Gasteiger partial charge in [0.2, 0.25) is 11.4 Å². The van der Waals surface area contributed by atoms with Gasteiger partial charge in [0.25, 0.3) is 0 Å². The predicted molar refractivity (Wildman–Crippen MR) is 412 cm³/mol. The molecule has 92 heavy (non-hydrogen) atoms. The Labute approximate surface area is 583 Å². The van der Waals surface area contributed by atoms with E-state index in [1.807, 2.05) is 14.4 Å². The normalized spacial score (nSPS) is 12.7. The zero-order valence-electron chi connectivity index (χ0n) is 62.9. The molecule has 0 aliphatic carbocycles. The number of unbranched alkanes of at least 4 members (excludes halogenated alkanes) is 54. The van der Waals surface area contributed by atoms with Gasteiger partial charge in [0.15, 0.2) is 0 Å². The summed E-state index contributed by atoms with van der Waals surface area (Å²) in [7, 11) is 0. The van der Waals surface area contributed by atoms with Crippen LogP contribution >= 0.6 is 0 Å². The second-order valence-corrected chi connectivity index (χ2v) is 30.4. The minimum absolute atomic E-state index is 0.967. The Bertz CT molecular complexity index is 1970. The van der Waals surface area contributed by atoms with E-state index in [2.05, 4.69) is 102 Å². The Hall–Kier alpha value is -2.25. The van der Waals surface area contributed by atoms with E-state index in [0.717, 1.165) is 54.6 Å². The number of nitrogens with zero attached hydrogens (tertiary/aromatic N) is 2. The molecule has 0 atom stereocenters. The van der Waals surface area contributed by atoms with E-state index in [1.165, 1.54) is 405 Å². The fourth-order valence-electron chi connectivity index (χ4n) is 13.9. The van der Waals surface area contributed by atoms with Gasteiger partial charge in [0.1, 0.15) is 0 Å². The molecule has 0 saturated heterocycles. The molecule has 2 nitrogen and oxygen atoms in total. The fraction of sp³-hybridized carbons (Fsp3) is 0.798. The van der Waals surface area contributed by atoms with E-state index in [4.69, 9.17) is 0 Å². The number of aryl methyl sites for hydroxylation is 2. The van der Waals surface area contributed by atoms with Crippen molar-refractivity contribution in [2.75, 3.05) is 0 Å². The van der Waals surface area contributed by atoms with Gasteiger partial charge >= 0.3 is 166 Å². The van der Waals surface area contributed by atoms with E-state index >= 15 is 0 Å². The predicted octanol–water partition coefficient (Wildman–Crippen LogP) is 32.3. The van der Waals surface area contributed by atoms with Crippen LogP contribution in [0.15, 0.2) is 71.8 Å². The molecule has 0 N–H and O–H groups in total. The van der Waals surface area contributed by atoms with Crippen LogP contribution in [0.5, 0.6) is 0 Å². The third-order valence-corrected chi connectivity index (χ3v) is 21.4. The molecular weight excluding hydrogens is 1160 g/mol.